The lowest BCUT2D eigenvalue weighted by molar-refractivity contribution is -0.385. The number of benzene rings is 1. The molecule has 2 aromatic rings. The molecule has 0 N–H and O–H groups in total. The van der Waals surface area contributed by atoms with Crippen LogP contribution in [0.2, 0.25) is 0 Å². The zero-order chi connectivity index (χ0) is 18.6. The van der Waals surface area contributed by atoms with Crippen LogP contribution in [0.1, 0.15) is 45.4 Å². The summed E-state index contributed by atoms with van der Waals surface area (Å²) < 4.78 is 7.04. The second-order valence-corrected chi connectivity index (χ2v) is 5.71. The molecule has 7 heteroatoms. The summed E-state index contributed by atoms with van der Waals surface area (Å²) in [6.07, 6.45) is 0.941. The van der Waals surface area contributed by atoms with E-state index in [0.29, 0.717) is 5.56 Å². The molecule has 0 spiro atoms. The molecule has 0 aliphatic rings. The van der Waals surface area contributed by atoms with Gasteiger partial charge in [0.15, 0.2) is 6.61 Å². The number of nitro groups is 1. The smallest absolute Gasteiger partial charge is 0.345 e. The van der Waals surface area contributed by atoms with Crippen LogP contribution in [-0.4, -0.2) is 27.8 Å². The number of hydrogen-bond acceptors (Lipinski definition) is 5. The van der Waals surface area contributed by atoms with Gasteiger partial charge in [0, 0.05) is 29.6 Å². The van der Waals surface area contributed by atoms with E-state index in [2.05, 4.69) is 6.92 Å². The van der Waals surface area contributed by atoms with Gasteiger partial charge in [-0.25, -0.2) is 4.79 Å². The second kappa shape index (κ2) is 7.74. The Kier molecular flexibility index (Phi) is 5.69. The lowest BCUT2D eigenvalue weighted by Gasteiger charge is -2.08. The third-order valence-corrected chi connectivity index (χ3v) is 3.98. The summed E-state index contributed by atoms with van der Waals surface area (Å²) in [6.45, 7) is 6.16. The fourth-order valence-electron chi connectivity index (χ4n) is 2.74. The number of hydrogen-bond donors (Lipinski definition) is 0. The van der Waals surface area contributed by atoms with Crippen molar-refractivity contribution in [3.05, 3.63) is 63.0 Å². The first-order valence-corrected chi connectivity index (χ1v) is 7.97. The van der Waals surface area contributed by atoms with E-state index in [4.69, 9.17) is 4.74 Å². The van der Waals surface area contributed by atoms with Crippen molar-refractivity contribution in [1.82, 2.24) is 4.57 Å². The van der Waals surface area contributed by atoms with Gasteiger partial charge in [0.2, 0.25) is 5.78 Å². The Labute approximate surface area is 145 Å². The van der Waals surface area contributed by atoms with Gasteiger partial charge < -0.3 is 9.30 Å². The molecule has 0 aliphatic carbocycles. The lowest BCUT2D eigenvalue weighted by atomic mass is 10.1. The summed E-state index contributed by atoms with van der Waals surface area (Å²) in [4.78, 5) is 34.8. The SMILES string of the molecule is CCCn1c(C)cc(C(=O)COC(=O)c2ccccc2[N+](=O)[O-])c1C. The summed E-state index contributed by atoms with van der Waals surface area (Å²) >= 11 is 0. The Hall–Kier alpha value is -2.96. The molecule has 0 saturated carbocycles. The highest BCUT2D eigenvalue weighted by Crippen LogP contribution is 2.20. The monoisotopic (exact) mass is 344 g/mol. The van der Waals surface area contributed by atoms with Gasteiger partial charge in [-0.3, -0.25) is 14.9 Å². The molecule has 0 fully saturated rings. The molecule has 0 unspecified atom stereocenters. The molecule has 0 radical (unpaired) electrons. The van der Waals surface area contributed by atoms with E-state index < -0.39 is 17.5 Å². The molecule has 2 rings (SSSR count). The highest BCUT2D eigenvalue weighted by molar-refractivity contribution is 6.01. The van der Waals surface area contributed by atoms with Crippen LogP contribution in [0.15, 0.2) is 30.3 Å². The number of rotatable bonds is 7. The minimum absolute atomic E-state index is 0.170. The highest BCUT2D eigenvalue weighted by Gasteiger charge is 2.22. The molecule has 0 aliphatic heterocycles. The quantitative estimate of drug-likeness (QED) is 0.332. The van der Waals surface area contributed by atoms with Gasteiger partial charge in [-0.05, 0) is 32.4 Å². The Morgan fingerprint density at radius 3 is 2.52 bits per heavy atom. The first-order chi connectivity index (χ1) is 11.9. The van der Waals surface area contributed by atoms with E-state index in [-0.39, 0.29) is 17.0 Å². The number of aromatic nitrogens is 1. The number of nitro benzene ring substituents is 1. The lowest BCUT2D eigenvalue weighted by Crippen LogP contribution is -2.16. The Balaban J connectivity index is 2.12. The maximum Gasteiger partial charge on any atom is 0.345 e. The second-order valence-electron chi connectivity index (χ2n) is 5.71. The molecule has 25 heavy (non-hydrogen) atoms. The van der Waals surface area contributed by atoms with E-state index >= 15 is 0 Å². The van der Waals surface area contributed by atoms with Crippen LogP contribution in [0.25, 0.3) is 0 Å². The minimum Gasteiger partial charge on any atom is -0.454 e. The zero-order valence-corrected chi connectivity index (χ0v) is 14.4. The average Bonchev–Trinajstić information content (AvgIpc) is 2.88. The van der Waals surface area contributed by atoms with Crippen molar-refractivity contribution < 1.29 is 19.2 Å². The predicted molar refractivity (Wildman–Crippen MR) is 91.9 cm³/mol. The van der Waals surface area contributed by atoms with Gasteiger partial charge in [-0.15, -0.1) is 0 Å². The van der Waals surface area contributed by atoms with Gasteiger partial charge in [-0.1, -0.05) is 19.1 Å². The van der Waals surface area contributed by atoms with Crippen LogP contribution >= 0.6 is 0 Å². The first-order valence-electron chi connectivity index (χ1n) is 7.97. The first kappa shape index (κ1) is 18.4. The Morgan fingerprint density at radius 1 is 1.20 bits per heavy atom. The number of ketones is 1. The Bertz CT molecular complexity index is 823. The number of nitrogens with zero attached hydrogens (tertiary/aromatic N) is 2. The topological polar surface area (TPSA) is 91.4 Å². The van der Waals surface area contributed by atoms with Gasteiger partial charge in [-0.2, -0.15) is 0 Å². The van der Waals surface area contributed by atoms with Gasteiger partial charge in [0.1, 0.15) is 5.56 Å². The summed E-state index contributed by atoms with van der Waals surface area (Å²) in [7, 11) is 0. The largest absolute Gasteiger partial charge is 0.454 e. The van der Waals surface area contributed by atoms with E-state index in [1.807, 2.05) is 18.4 Å². The molecular weight excluding hydrogens is 324 g/mol. The van der Waals surface area contributed by atoms with Crippen LogP contribution < -0.4 is 0 Å². The van der Waals surface area contributed by atoms with Crippen molar-refractivity contribution >= 4 is 17.4 Å². The van der Waals surface area contributed by atoms with Crippen molar-refractivity contribution in [2.45, 2.75) is 33.7 Å². The van der Waals surface area contributed by atoms with Crippen LogP contribution in [0.4, 0.5) is 5.69 Å². The number of Topliss-reactive ketones (excluding diaryl/α,β-unsaturated/α-hetero) is 1. The number of aryl methyl sites for hydroxylation is 1. The minimum atomic E-state index is -0.886. The zero-order valence-electron chi connectivity index (χ0n) is 14.4. The molecule has 0 bridgehead atoms. The van der Waals surface area contributed by atoms with E-state index in [1.54, 1.807) is 6.07 Å². The molecule has 1 heterocycles. The van der Waals surface area contributed by atoms with Crippen LogP contribution in [-0.2, 0) is 11.3 Å². The van der Waals surface area contributed by atoms with Crippen molar-refractivity contribution in [1.29, 1.82) is 0 Å². The maximum atomic E-state index is 12.4. The molecule has 0 atom stereocenters. The standard InChI is InChI=1S/C18H20N2O5/c1-4-9-19-12(2)10-15(13(19)3)17(21)11-25-18(22)14-7-5-6-8-16(14)20(23)24/h5-8,10H,4,9,11H2,1-3H3. The number of para-hydroxylation sites is 1. The van der Waals surface area contributed by atoms with Crippen LogP contribution in [0.5, 0.6) is 0 Å². The molecule has 1 aromatic heterocycles. The molecular formula is C18H20N2O5. The van der Waals surface area contributed by atoms with Crippen molar-refractivity contribution in [3.8, 4) is 0 Å². The molecule has 0 amide bonds. The number of carbonyl (C=O) groups excluding carboxylic acids is 2. The van der Waals surface area contributed by atoms with Crippen molar-refractivity contribution in [2.24, 2.45) is 0 Å². The fourth-order valence-corrected chi connectivity index (χ4v) is 2.74. The van der Waals surface area contributed by atoms with E-state index in [9.17, 15) is 19.7 Å². The number of esters is 1. The Morgan fingerprint density at radius 2 is 1.88 bits per heavy atom. The summed E-state index contributed by atoms with van der Waals surface area (Å²) in [5.74, 6) is -1.22. The predicted octanol–water partition coefficient (Wildman–Crippen LogP) is 3.46. The molecule has 1 aromatic carbocycles. The summed E-state index contributed by atoms with van der Waals surface area (Å²) in [5.41, 5.74) is 1.78. The maximum absolute atomic E-state index is 12.4. The van der Waals surface area contributed by atoms with E-state index in [0.717, 1.165) is 24.4 Å². The summed E-state index contributed by atoms with van der Waals surface area (Å²) in [5, 5.41) is 11.0. The van der Waals surface area contributed by atoms with Gasteiger partial charge >= 0.3 is 5.97 Å². The van der Waals surface area contributed by atoms with Crippen molar-refractivity contribution in [2.75, 3.05) is 6.61 Å². The van der Waals surface area contributed by atoms with Crippen LogP contribution in [0, 0.1) is 24.0 Å². The average molecular weight is 344 g/mol. The molecule has 132 valence electrons. The van der Waals surface area contributed by atoms with Crippen molar-refractivity contribution in [3.63, 3.8) is 0 Å². The highest BCUT2D eigenvalue weighted by atomic mass is 16.6. The van der Waals surface area contributed by atoms with Crippen LogP contribution in [0.3, 0.4) is 0 Å². The number of carbonyl (C=O) groups is 2. The molecule has 0 saturated heterocycles. The normalized spacial score (nSPS) is 10.5. The molecule has 7 nitrogen and oxygen atoms in total. The fraction of sp³-hybridized carbons (Fsp3) is 0.333. The van der Waals surface area contributed by atoms with E-state index in [1.165, 1.54) is 24.3 Å². The number of ether oxygens (including phenoxy) is 1. The third-order valence-electron chi connectivity index (χ3n) is 3.98. The summed E-state index contributed by atoms with van der Waals surface area (Å²) in [6, 6.07) is 7.26. The van der Waals surface area contributed by atoms with Gasteiger partial charge in [0.25, 0.3) is 5.69 Å². The van der Waals surface area contributed by atoms with Gasteiger partial charge in [0.05, 0.1) is 4.92 Å². The third kappa shape index (κ3) is 3.93.